The monoisotopic (exact) mass is 530 g/mol. The maximum Gasteiger partial charge on any atom is 0.259 e. The molecule has 3 aromatic carbocycles. The molecular formula is C22H16Br2N2O4. The summed E-state index contributed by atoms with van der Waals surface area (Å²) in [6.45, 7) is 0. The number of oxazole rings is 1. The Morgan fingerprint density at radius 2 is 1.77 bits per heavy atom. The lowest BCUT2D eigenvalue weighted by Crippen LogP contribution is -2.13. The van der Waals surface area contributed by atoms with E-state index in [1.54, 1.807) is 25.3 Å². The number of fused-ring (bicyclic) bond motifs is 1. The van der Waals surface area contributed by atoms with E-state index in [9.17, 15) is 4.79 Å². The number of amides is 1. The van der Waals surface area contributed by atoms with Gasteiger partial charge in [0.25, 0.3) is 5.91 Å². The summed E-state index contributed by atoms with van der Waals surface area (Å²) in [5, 5.41) is 2.88. The van der Waals surface area contributed by atoms with Crippen molar-refractivity contribution >= 4 is 54.6 Å². The van der Waals surface area contributed by atoms with E-state index in [-0.39, 0.29) is 5.91 Å². The van der Waals surface area contributed by atoms with Gasteiger partial charge < -0.3 is 19.2 Å². The highest BCUT2D eigenvalue weighted by molar-refractivity contribution is 9.11. The Hall–Kier alpha value is -2.84. The highest BCUT2D eigenvalue weighted by Crippen LogP contribution is 2.33. The van der Waals surface area contributed by atoms with Crippen LogP contribution in [0.2, 0.25) is 0 Å². The number of carbonyl (C=O) groups is 1. The molecule has 0 spiro atoms. The van der Waals surface area contributed by atoms with Crippen LogP contribution in [-0.4, -0.2) is 25.1 Å². The third-order valence-corrected chi connectivity index (χ3v) is 5.49. The Labute approximate surface area is 189 Å². The van der Waals surface area contributed by atoms with Gasteiger partial charge in [-0.15, -0.1) is 0 Å². The van der Waals surface area contributed by atoms with E-state index in [2.05, 4.69) is 42.2 Å². The molecular weight excluding hydrogens is 516 g/mol. The first-order valence-electron chi connectivity index (χ1n) is 8.88. The van der Waals surface area contributed by atoms with Crippen molar-refractivity contribution in [2.75, 3.05) is 19.5 Å². The molecule has 0 aliphatic heterocycles. The van der Waals surface area contributed by atoms with E-state index in [4.69, 9.17) is 13.9 Å². The molecule has 1 amide bonds. The zero-order valence-corrected chi connectivity index (χ0v) is 19.2. The average molecular weight is 532 g/mol. The molecule has 1 N–H and O–H groups in total. The first-order chi connectivity index (χ1) is 14.5. The lowest BCUT2D eigenvalue weighted by molar-refractivity contribution is 0.102. The zero-order chi connectivity index (χ0) is 21.3. The van der Waals surface area contributed by atoms with Gasteiger partial charge in [-0.1, -0.05) is 15.9 Å². The molecule has 30 heavy (non-hydrogen) atoms. The van der Waals surface area contributed by atoms with Gasteiger partial charge in [0.2, 0.25) is 5.89 Å². The minimum Gasteiger partial charge on any atom is -0.497 e. The summed E-state index contributed by atoms with van der Waals surface area (Å²) in [6, 6.07) is 16.3. The van der Waals surface area contributed by atoms with Crippen molar-refractivity contribution in [2.45, 2.75) is 0 Å². The Kier molecular flexibility index (Phi) is 5.78. The van der Waals surface area contributed by atoms with Crippen LogP contribution in [0.3, 0.4) is 0 Å². The molecule has 0 bridgehead atoms. The van der Waals surface area contributed by atoms with E-state index < -0.39 is 0 Å². The normalized spacial score (nSPS) is 10.8. The molecule has 0 saturated carbocycles. The Balaban J connectivity index is 1.56. The Morgan fingerprint density at radius 1 is 1.00 bits per heavy atom. The summed E-state index contributed by atoms with van der Waals surface area (Å²) in [6.07, 6.45) is 0. The molecule has 152 valence electrons. The second kappa shape index (κ2) is 8.49. The van der Waals surface area contributed by atoms with Gasteiger partial charge >= 0.3 is 0 Å². The number of hydrogen-bond donors (Lipinski definition) is 1. The minimum atomic E-state index is -0.282. The number of benzene rings is 3. The van der Waals surface area contributed by atoms with Crippen LogP contribution >= 0.6 is 31.9 Å². The fraction of sp³-hybridized carbons (Fsp3) is 0.0909. The third-order valence-electron chi connectivity index (χ3n) is 4.44. The maximum atomic E-state index is 12.8. The molecule has 4 aromatic rings. The maximum absolute atomic E-state index is 12.8. The van der Waals surface area contributed by atoms with Gasteiger partial charge in [-0.25, -0.2) is 4.98 Å². The standard InChI is InChI=1S/C22H16Br2N2O4/c1-28-15-7-8-19-18(11-15)26-22(30-19)12-3-5-14(6-4-12)25-21(27)16-9-13(23)10-17(24)20(16)29-2/h3-11H,1-2H3,(H,25,27). The number of aromatic nitrogens is 1. The number of nitrogens with zero attached hydrogens (tertiary/aromatic N) is 1. The van der Waals surface area contributed by atoms with Gasteiger partial charge in [0.15, 0.2) is 5.58 Å². The SMILES string of the molecule is COc1ccc2oc(-c3ccc(NC(=O)c4cc(Br)cc(Br)c4OC)cc3)nc2c1. The van der Waals surface area contributed by atoms with E-state index in [1.807, 2.05) is 36.4 Å². The second-order valence-electron chi connectivity index (χ2n) is 6.35. The smallest absolute Gasteiger partial charge is 0.259 e. The summed E-state index contributed by atoms with van der Waals surface area (Å²) >= 11 is 6.81. The molecule has 0 radical (unpaired) electrons. The van der Waals surface area contributed by atoms with Gasteiger partial charge in [0, 0.05) is 21.8 Å². The highest BCUT2D eigenvalue weighted by Gasteiger charge is 2.17. The summed E-state index contributed by atoms with van der Waals surface area (Å²) < 4.78 is 17.8. The molecule has 6 nitrogen and oxygen atoms in total. The van der Waals surface area contributed by atoms with Crippen molar-refractivity contribution in [3.63, 3.8) is 0 Å². The van der Waals surface area contributed by atoms with Crippen LogP contribution in [0.1, 0.15) is 10.4 Å². The number of nitrogens with one attached hydrogen (secondary N) is 1. The van der Waals surface area contributed by atoms with Crippen LogP contribution in [0, 0.1) is 0 Å². The molecule has 0 aliphatic rings. The number of rotatable bonds is 5. The van der Waals surface area contributed by atoms with Crippen molar-refractivity contribution < 1.29 is 18.7 Å². The second-order valence-corrected chi connectivity index (χ2v) is 8.12. The van der Waals surface area contributed by atoms with E-state index in [0.717, 1.165) is 15.8 Å². The molecule has 0 unspecified atom stereocenters. The third kappa shape index (κ3) is 4.06. The van der Waals surface area contributed by atoms with Crippen LogP contribution in [0.25, 0.3) is 22.6 Å². The Bertz CT molecular complexity index is 1240. The van der Waals surface area contributed by atoms with Crippen molar-refractivity contribution in [1.29, 1.82) is 0 Å². The van der Waals surface area contributed by atoms with E-state index in [0.29, 0.717) is 38.5 Å². The van der Waals surface area contributed by atoms with Crippen molar-refractivity contribution in [1.82, 2.24) is 4.98 Å². The number of carbonyl (C=O) groups excluding carboxylic acids is 1. The largest absolute Gasteiger partial charge is 0.497 e. The number of methoxy groups -OCH3 is 2. The quantitative estimate of drug-likeness (QED) is 0.327. The predicted molar refractivity (Wildman–Crippen MR) is 122 cm³/mol. The number of ether oxygens (including phenoxy) is 2. The summed E-state index contributed by atoms with van der Waals surface area (Å²) in [4.78, 5) is 17.3. The molecule has 0 aliphatic carbocycles. The fourth-order valence-electron chi connectivity index (χ4n) is 2.99. The summed E-state index contributed by atoms with van der Waals surface area (Å²) in [5.74, 6) is 1.40. The Morgan fingerprint density at radius 3 is 2.47 bits per heavy atom. The molecule has 0 saturated heterocycles. The summed E-state index contributed by atoms with van der Waals surface area (Å²) in [7, 11) is 3.13. The van der Waals surface area contributed by atoms with Gasteiger partial charge in [0.1, 0.15) is 17.0 Å². The van der Waals surface area contributed by atoms with Crippen molar-refractivity contribution in [3.8, 4) is 23.0 Å². The number of anilines is 1. The molecule has 4 rings (SSSR count). The van der Waals surface area contributed by atoms with Crippen LogP contribution in [0.15, 0.2) is 68.0 Å². The summed E-state index contributed by atoms with van der Waals surface area (Å²) in [5.41, 5.74) is 3.24. The number of hydrogen-bond acceptors (Lipinski definition) is 5. The predicted octanol–water partition coefficient (Wildman–Crippen LogP) is 6.29. The molecule has 1 aromatic heterocycles. The first kappa shape index (κ1) is 20.4. The van der Waals surface area contributed by atoms with Crippen molar-refractivity contribution in [2.24, 2.45) is 0 Å². The van der Waals surface area contributed by atoms with Gasteiger partial charge in [-0.2, -0.15) is 0 Å². The number of halogens is 2. The van der Waals surface area contributed by atoms with Crippen LogP contribution in [0.4, 0.5) is 5.69 Å². The van der Waals surface area contributed by atoms with Gasteiger partial charge in [-0.05, 0) is 64.5 Å². The van der Waals surface area contributed by atoms with Crippen LogP contribution in [0.5, 0.6) is 11.5 Å². The molecule has 8 heteroatoms. The van der Waals surface area contributed by atoms with Gasteiger partial charge in [-0.3, -0.25) is 4.79 Å². The minimum absolute atomic E-state index is 0.282. The molecule has 0 fully saturated rings. The average Bonchev–Trinajstić information content (AvgIpc) is 3.17. The zero-order valence-electron chi connectivity index (χ0n) is 16.0. The molecule has 1 heterocycles. The lowest BCUT2D eigenvalue weighted by Gasteiger charge is -2.12. The van der Waals surface area contributed by atoms with Crippen LogP contribution in [-0.2, 0) is 0 Å². The highest BCUT2D eigenvalue weighted by atomic mass is 79.9. The first-order valence-corrected chi connectivity index (χ1v) is 10.5. The van der Waals surface area contributed by atoms with Gasteiger partial charge in [0.05, 0.1) is 24.3 Å². The fourth-order valence-corrected chi connectivity index (χ4v) is 4.38. The van der Waals surface area contributed by atoms with E-state index >= 15 is 0 Å². The van der Waals surface area contributed by atoms with E-state index in [1.165, 1.54) is 7.11 Å². The molecule has 0 atom stereocenters. The lowest BCUT2D eigenvalue weighted by atomic mass is 10.1. The van der Waals surface area contributed by atoms with Crippen molar-refractivity contribution in [3.05, 3.63) is 69.1 Å². The van der Waals surface area contributed by atoms with Crippen LogP contribution < -0.4 is 14.8 Å². The topological polar surface area (TPSA) is 73.6 Å².